The van der Waals surface area contributed by atoms with Gasteiger partial charge >= 0.3 is 5.97 Å². The van der Waals surface area contributed by atoms with E-state index in [0.717, 1.165) is 16.7 Å². The highest BCUT2D eigenvalue weighted by molar-refractivity contribution is 5.92. The Morgan fingerprint density at radius 3 is 1.61 bits per heavy atom. The molecule has 0 unspecified atom stereocenters. The Labute approximate surface area is 240 Å². The molecule has 0 saturated heterocycles. The number of methoxy groups -OCH3 is 5. The van der Waals surface area contributed by atoms with E-state index in [2.05, 4.69) is 0 Å². The molecule has 0 amide bonds. The van der Waals surface area contributed by atoms with Crippen LogP contribution >= 0.6 is 0 Å². The highest BCUT2D eigenvalue weighted by Gasteiger charge is 2.38. The van der Waals surface area contributed by atoms with E-state index in [1.54, 1.807) is 14.2 Å². The van der Waals surface area contributed by atoms with Crippen LogP contribution < -0.4 is 23.7 Å². The van der Waals surface area contributed by atoms with Crippen LogP contribution in [0.3, 0.4) is 0 Å². The molecule has 0 aromatic heterocycles. The topological polar surface area (TPSA) is 92.7 Å². The molecule has 0 aliphatic heterocycles. The molecule has 0 radical (unpaired) electrons. The molecule has 0 aliphatic rings. The van der Waals surface area contributed by atoms with Crippen molar-refractivity contribution in [3.05, 3.63) is 113 Å². The molecule has 4 aromatic rings. The summed E-state index contributed by atoms with van der Waals surface area (Å²) >= 11 is 0. The molecular weight excluding hydrogens is 524 g/mol. The van der Waals surface area contributed by atoms with Gasteiger partial charge in [-0.2, -0.15) is 0 Å². The first-order valence-electron chi connectivity index (χ1n) is 13.0. The molecular formula is C33H34O8. The van der Waals surface area contributed by atoms with Gasteiger partial charge in [0.15, 0.2) is 11.5 Å². The second-order valence-corrected chi connectivity index (χ2v) is 9.08. The van der Waals surface area contributed by atoms with Crippen LogP contribution in [-0.2, 0) is 16.8 Å². The van der Waals surface area contributed by atoms with Gasteiger partial charge in [-0.3, -0.25) is 0 Å². The maximum absolute atomic E-state index is 12.3. The fourth-order valence-electron chi connectivity index (χ4n) is 5.04. The first kappa shape index (κ1) is 29.3. The summed E-state index contributed by atoms with van der Waals surface area (Å²) in [6.07, 6.45) is 0.214. The van der Waals surface area contributed by atoms with E-state index in [4.69, 9.17) is 28.4 Å². The van der Waals surface area contributed by atoms with E-state index in [9.17, 15) is 9.90 Å². The third-order valence-electron chi connectivity index (χ3n) is 7.01. The van der Waals surface area contributed by atoms with Crippen LogP contribution in [0.5, 0.6) is 28.7 Å². The summed E-state index contributed by atoms with van der Waals surface area (Å²) < 4.78 is 34.3. The summed E-state index contributed by atoms with van der Waals surface area (Å²) in [6.45, 7) is 0.138. The number of benzene rings is 4. The lowest BCUT2D eigenvalue weighted by atomic mass is 9.80. The van der Waals surface area contributed by atoms with Gasteiger partial charge in [-0.1, -0.05) is 54.6 Å². The van der Waals surface area contributed by atoms with Gasteiger partial charge in [0.05, 0.1) is 47.7 Å². The number of carbonyl (C=O) groups is 1. The molecule has 4 rings (SSSR count). The van der Waals surface area contributed by atoms with Crippen molar-refractivity contribution >= 4 is 5.97 Å². The Balaban J connectivity index is 1.86. The van der Waals surface area contributed by atoms with E-state index >= 15 is 0 Å². The molecule has 0 saturated carbocycles. The van der Waals surface area contributed by atoms with Gasteiger partial charge in [-0.05, 0) is 47.0 Å². The van der Waals surface area contributed by atoms with Gasteiger partial charge in [0.25, 0.3) is 0 Å². The second kappa shape index (κ2) is 13.1. The van der Waals surface area contributed by atoms with Gasteiger partial charge < -0.3 is 33.5 Å². The molecule has 214 valence electrons. The average Bonchev–Trinajstić information content (AvgIpc) is 3.03. The summed E-state index contributed by atoms with van der Waals surface area (Å²) in [5, 5.41) is 10.0. The van der Waals surface area contributed by atoms with Gasteiger partial charge in [-0.25, -0.2) is 4.79 Å². The minimum absolute atomic E-state index is 0.0438. The van der Waals surface area contributed by atoms with Gasteiger partial charge in [0, 0.05) is 12.0 Å². The molecule has 0 atom stereocenters. The summed E-state index contributed by atoms with van der Waals surface area (Å²) in [7, 11) is 7.64. The van der Waals surface area contributed by atoms with Crippen molar-refractivity contribution in [3.8, 4) is 28.7 Å². The second-order valence-electron chi connectivity index (χ2n) is 9.08. The molecule has 0 spiro atoms. The summed E-state index contributed by atoms with van der Waals surface area (Å²) in [5.41, 5.74) is 2.06. The van der Waals surface area contributed by atoms with Crippen LogP contribution in [-0.4, -0.2) is 53.2 Å². The van der Waals surface area contributed by atoms with Crippen LogP contribution in [0, 0.1) is 0 Å². The van der Waals surface area contributed by atoms with Crippen LogP contribution in [0.4, 0.5) is 0 Å². The number of carboxylic acids is 1. The van der Waals surface area contributed by atoms with Crippen molar-refractivity contribution in [1.82, 2.24) is 0 Å². The predicted octanol–water partition coefficient (Wildman–Crippen LogP) is 5.98. The summed E-state index contributed by atoms with van der Waals surface area (Å²) in [6, 6.07) is 26.7. The lowest BCUT2D eigenvalue weighted by Crippen LogP contribution is -2.33. The first-order chi connectivity index (χ1) is 19.9. The average molecular weight is 559 g/mol. The highest BCUT2D eigenvalue weighted by Crippen LogP contribution is 2.44. The Morgan fingerprint density at radius 2 is 1.17 bits per heavy atom. The number of hydrogen-bond acceptors (Lipinski definition) is 7. The fraction of sp³-hybridized carbons (Fsp3) is 0.242. The molecule has 8 heteroatoms. The van der Waals surface area contributed by atoms with Crippen LogP contribution in [0.2, 0.25) is 0 Å². The van der Waals surface area contributed by atoms with Gasteiger partial charge in [0.1, 0.15) is 17.1 Å². The zero-order chi connectivity index (χ0) is 29.4. The van der Waals surface area contributed by atoms with Crippen LogP contribution in [0.25, 0.3) is 0 Å². The number of ether oxygens (including phenoxy) is 6. The third-order valence-corrected chi connectivity index (χ3v) is 7.01. The zero-order valence-corrected chi connectivity index (χ0v) is 23.8. The van der Waals surface area contributed by atoms with Crippen molar-refractivity contribution in [3.63, 3.8) is 0 Å². The Morgan fingerprint density at radius 1 is 0.659 bits per heavy atom. The number of rotatable bonds is 13. The molecule has 0 heterocycles. The molecule has 41 heavy (non-hydrogen) atoms. The monoisotopic (exact) mass is 558 g/mol. The lowest BCUT2D eigenvalue weighted by Gasteiger charge is -2.36. The minimum atomic E-state index is -1.11. The Bertz CT molecular complexity index is 1400. The first-order valence-corrected chi connectivity index (χ1v) is 13.0. The molecule has 4 aromatic carbocycles. The highest BCUT2D eigenvalue weighted by atomic mass is 16.5. The Hall–Kier alpha value is -4.69. The quantitative estimate of drug-likeness (QED) is 0.201. The Kier molecular flexibility index (Phi) is 9.37. The predicted molar refractivity (Wildman–Crippen MR) is 155 cm³/mol. The fourth-order valence-corrected chi connectivity index (χ4v) is 5.04. The van der Waals surface area contributed by atoms with E-state index in [1.807, 2.05) is 78.9 Å². The third kappa shape index (κ3) is 5.78. The van der Waals surface area contributed by atoms with Crippen LogP contribution in [0.1, 0.15) is 32.6 Å². The lowest BCUT2D eigenvalue weighted by molar-refractivity contribution is 0.0144. The normalized spacial score (nSPS) is 11.0. The standard InChI is InChI=1S/C33H34O8/c1-36-25-15-11-23(12-16-25)33(22-9-7-6-8-10-22,24-13-17-26(37-2)18-14-24)41-20-19-27-28(32(34)35)21-29(38-3)31(40-5)30(27)39-4/h6-18,21H,19-20H2,1-5H3,(H,34,35). The largest absolute Gasteiger partial charge is 0.497 e. The van der Waals surface area contributed by atoms with Crippen molar-refractivity contribution < 1.29 is 38.3 Å². The minimum Gasteiger partial charge on any atom is -0.497 e. The smallest absolute Gasteiger partial charge is 0.336 e. The van der Waals surface area contributed by atoms with Crippen molar-refractivity contribution in [2.45, 2.75) is 12.0 Å². The number of hydrogen-bond donors (Lipinski definition) is 1. The summed E-state index contributed by atoms with van der Waals surface area (Å²) in [4.78, 5) is 12.3. The molecule has 8 nitrogen and oxygen atoms in total. The molecule has 1 N–H and O–H groups in total. The molecule has 0 aliphatic carbocycles. The SMILES string of the molecule is COc1ccc(C(OCCc2c(C(=O)O)cc(OC)c(OC)c2OC)(c2ccccc2)c2ccc(OC)cc2)cc1. The number of aromatic carboxylic acids is 1. The maximum atomic E-state index is 12.3. The van der Waals surface area contributed by atoms with Gasteiger partial charge in [0.2, 0.25) is 5.75 Å². The number of carboxylic acid groups (broad SMARTS) is 1. The van der Waals surface area contributed by atoms with E-state index in [0.29, 0.717) is 22.8 Å². The van der Waals surface area contributed by atoms with Crippen LogP contribution in [0.15, 0.2) is 84.9 Å². The van der Waals surface area contributed by atoms with Gasteiger partial charge in [-0.15, -0.1) is 0 Å². The van der Waals surface area contributed by atoms with E-state index < -0.39 is 11.6 Å². The van der Waals surface area contributed by atoms with Crippen molar-refractivity contribution in [1.29, 1.82) is 0 Å². The maximum Gasteiger partial charge on any atom is 0.336 e. The van der Waals surface area contributed by atoms with E-state index in [-0.39, 0.29) is 30.1 Å². The molecule has 0 bridgehead atoms. The van der Waals surface area contributed by atoms with E-state index in [1.165, 1.54) is 27.4 Å². The molecule has 0 fully saturated rings. The summed E-state index contributed by atoms with van der Waals surface area (Å²) in [5.74, 6) is 1.18. The van der Waals surface area contributed by atoms with Crippen molar-refractivity contribution in [2.75, 3.05) is 42.2 Å². The zero-order valence-electron chi connectivity index (χ0n) is 23.8. The van der Waals surface area contributed by atoms with Crippen molar-refractivity contribution in [2.24, 2.45) is 0 Å².